The molecule has 0 fully saturated rings. The first-order valence-electron chi connectivity index (χ1n) is 9.49. The summed E-state index contributed by atoms with van der Waals surface area (Å²) in [6, 6.07) is 17.1. The predicted octanol–water partition coefficient (Wildman–Crippen LogP) is 1.04. The molecular weight excluding hydrogens is 346 g/mol. The average molecular weight is 368 g/mol. The molecule has 28 heavy (non-hydrogen) atoms. The maximum Gasteiger partial charge on any atom is 0.412 e. The fraction of sp³-hybridized carbons (Fsp3) is 0.200. The molecule has 0 spiro atoms. The van der Waals surface area contributed by atoms with E-state index in [0.717, 1.165) is 23.0 Å². The molecular formula is C20H22B2N6. The normalized spacial score (nSPS) is 15.4. The quantitative estimate of drug-likeness (QED) is 0.630. The summed E-state index contributed by atoms with van der Waals surface area (Å²) in [4.78, 5) is 18.2. The first-order chi connectivity index (χ1) is 13.6. The molecule has 0 aliphatic carbocycles. The molecule has 0 atom stereocenters. The van der Waals surface area contributed by atoms with Crippen LogP contribution in [0.15, 0.2) is 60.9 Å². The fourth-order valence-electron chi connectivity index (χ4n) is 4.66. The Morgan fingerprint density at radius 2 is 1.07 bits per heavy atom. The molecule has 2 aliphatic rings. The summed E-state index contributed by atoms with van der Waals surface area (Å²) < 4.78 is 0. The van der Waals surface area contributed by atoms with E-state index in [4.69, 9.17) is 0 Å². The minimum absolute atomic E-state index is 0.127. The molecule has 5 rings (SSSR count). The zero-order chi connectivity index (χ0) is 19.4. The Bertz CT molecular complexity index is 908. The van der Waals surface area contributed by atoms with Crippen LogP contribution in [0.3, 0.4) is 0 Å². The Labute approximate surface area is 166 Å². The van der Waals surface area contributed by atoms with Crippen molar-refractivity contribution >= 4 is 47.9 Å². The van der Waals surface area contributed by atoms with Crippen LogP contribution < -0.4 is 30.2 Å². The van der Waals surface area contributed by atoms with Crippen molar-refractivity contribution in [3.63, 3.8) is 0 Å². The molecule has 0 unspecified atom stereocenters. The Morgan fingerprint density at radius 3 is 1.50 bits per heavy atom. The molecule has 0 radical (unpaired) electrons. The topological polar surface area (TPSA) is 38.7 Å². The Morgan fingerprint density at radius 1 is 0.607 bits per heavy atom. The first-order valence-corrected chi connectivity index (χ1v) is 9.49. The molecule has 0 saturated heterocycles. The molecule has 8 heteroatoms. The van der Waals surface area contributed by atoms with Gasteiger partial charge < -0.3 is 19.2 Å². The number of benzene rings is 1. The van der Waals surface area contributed by atoms with Crippen molar-refractivity contribution in [3.8, 4) is 0 Å². The standard InChI is InChI=1S/C20H22B2N6/c1-25-17-10-6-12-23-19(17)27(3)21(25)15-8-5-9-16(14-15)22-26(2)18-11-7-13-24-20(18)28(22)4/h5-14H,1-4H3. The van der Waals surface area contributed by atoms with E-state index in [1.807, 2.05) is 24.5 Å². The van der Waals surface area contributed by atoms with Crippen LogP contribution in [0.1, 0.15) is 0 Å². The van der Waals surface area contributed by atoms with E-state index >= 15 is 0 Å². The van der Waals surface area contributed by atoms with E-state index in [9.17, 15) is 0 Å². The van der Waals surface area contributed by atoms with E-state index in [-0.39, 0.29) is 14.0 Å². The van der Waals surface area contributed by atoms with Crippen LogP contribution in [0.2, 0.25) is 0 Å². The highest BCUT2D eigenvalue weighted by molar-refractivity contribution is 6.84. The molecule has 2 aliphatic heterocycles. The number of aromatic nitrogens is 2. The second-order valence-electron chi connectivity index (χ2n) is 7.55. The number of nitrogens with zero attached hydrogens (tertiary/aromatic N) is 6. The monoisotopic (exact) mass is 368 g/mol. The summed E-state index contributed by atoms with van der Waals surface area (Å²) in [7, 11) is 8.49. The Balaban J connectivity index is 1.52. The number of rotatable bonds is 2. The van der Waals surface area contributed by atoms with Gasteiger partial charge in [0, 0.05) is 12.4 Å². The van der Waals surface area contributed by atoms with Crippen molar-refractivity contribution in [1.29, 1.82) is 0 Å². The smallest absolute Gasteiger partial charge is 0.392 e. The van der Waals surface area contributed by atoms with Crippen molar-refractivity contribution in [3.05, 3.63) is 60.9 Å². The van der Waals surface area contributed by atoms with Crippen LogP contribution in [-0.2, 0) is 0 Å². The fourth-order valence-corrected chi connectivity index (χ4v) is 4.66. The SMILES string of the molecule is CN1B(c2cccc(B3N(C)c4cccnc4N3C)c2)N(C)c2ncccc21. The van der Waals surface area contributed by atoms with Gasteiger partial charge >= 0.3 is 14.0 Å². The van der Waals surface area contributed by atoms with Crippen LogP contribution >= 0.6 is 0 Å². The summed E-state index contributed by atoms with van der Waals surface area (Å²) in [5.41, 5.74) is 4.83. The molecule has 138 valence electrons. The average Bonchev–Trinajstić information content (AvgIpc) is 3.13. The van der Waals surface area contributed by atoms with Crippen molar-refractivity contribution in [1.82, 2.24) is 9.97 Å². The van der Waals surface area contributed by atoms with Gasteiger partial charge in [-0.3, -0.25) is 0 Å². The summed E-state index contributed by atoms with van der Waals surface area (Å²) >= 11 is 0. The zero-order valence-corrected chi connectivity index (χ0v) is 16.6. The number of fused-ring (bicyclic) bond motifs is 2. The van der Waals surface area contributed by atoms with E-state index in [2.05, 4.69) is 93.8 Å². The van der Waals surface area contributed by atoms with Crippen molar-refractivity contribution in [2.24, 2.45) is 0 Å². The van der Waals surface area contributed by atoms with Crippen LogP contribution in [0.5, 0.6) is 0 Å². The predicted molar refractivity (Wildman–Crippen MR) is 119 cm³/mol. The molecule has 0 bridgehead atoms. The third-order valence-corrected chi connectivity index (χ3v) is 5.93. The minimum Gasteiger partial charge on any atom is -0.392 e. The summed E-state index contributed by atoms with van der Waals surface area (Å²) in [5, 5.41) is 0. The molecule has 2 aromatic heterocycles. The highest BCUT2D eigenvalue weighted by atomic mass is 15.3. The lowest BCUT2D eigenvalue weighted by atomic mass is 9.60. The first kappa shape index (κ1) is 17.0. The third kappa shape index (κ3) is 2.30. The van der Waals surface area contributed by atoms with Gasteiger partial charge in [-0.15, -0.1) is 0 Å². The maximum absolute atomic E-state index is 4.58. The molecule has 6 nitrogen and oxygen atoms in total. The zero-order valence-electron chi connectivity index (χ0n) is 16.6. The van der Waals surface area contributed by atoms with Gasteiger partial charge in [0.15, 0.2) is 0 Å². The Hall–Kier alpha value is -3.15. The van der Waals surface area contributed by atoms with Gasteiger partial charge in [-0.05, 0) is 63.4 Å². The van der Waals surface area contributed by atoms with Gasteiger partial charge in [-0.1, -0.05) is 24.3 Å². The lowest BCUT2D eigenvalue weighted by Gasteiger charge is -2.26. The minimum atomic E-state index is 0.127. The van der Waals surface area contributed by atoms with Gasteiger partial charge in [0.2, 0.25) is 0 Å². The molecule has 0 saturated carbocycles. The lowest BCUT2D eigenvalue weighted by Crippen LogP contribution is -2.58. The van der Waals surface area contributed by atoms with E-state index in [1.54, 1.807) is 0 Å². The van der Waals surface area contributed by atoms with Crippen LogP contribution in [0, 0.1) is 0 Å². The lowest BCUT2D eigenvalue weighted by molar-refractivity contribution is 1.22. The summed E-state index contributed by atoms with van der Waals surface area (Å²) in [5.74, 6) is 2.04. The van der Waals surface area contributed by atoms with E-state index in [1.165, 1.54) is 10.9 Å². The third-order valence-electron chi connectivity index (χ3n) is 5.93. The highest BCUT2D eigenvalue weighted by Crippen LogP contribution is 2.34. The van der Waals surface area contributed by atoms with Crippen LogP contribution in [0.25, 0.3) is 0 Å². The summed E-state index contributed by atoms with van der Waals surface area (Å²) in [6.45, 7) is 0.254. The molecule has 0 amide bonds. The van der Waals surface area contributed by atoms with E-state index < -0.39 is 0 Å². The van der Waals surface area contributed by atoms with Gasteiger partial charge in [-0.25, -0.2) is 9.97 Å². The van der Waals surface area contributed by atoms with Gasteiger partial charge in [-0.2, -0.15) is 0 Å². The van der Waals surface area contributed by atoms with Gasteiger partial charge in [0.1, 0.15) is 11.6 Å². The van der Waals surface area contributed by atoms with Crippen molar-refractivity contribution < 1.29 is 0 Å². The highest BCUT2D eigenvalue weighted by Gasteiger charge is 2.41. The second-order valence-corrected chi connectivity index (χ2v) is 7.55. The van der Waals surface area contributed by atoms with E-state index in [0.29, 0.717) is 0 Å². The van der Waals surface area contributed by atoms with Crippen molar-refractivity contribution in [2.75, 3.05) is 47.4 Å². The molecule has 3 aromatic rings. The number of hydrogen-bond donors (Lipinski definition) is 0. The maximum atomic E-state index is 4.58. The number of hydrogen-bond acceptors (Lipinski definition) is 6. The van der Waals surface area contributed by atoms with Gasteiger partial charge in [0.05, 0.1) is 11.4 Å². The largest absolute Gasteiger partial charge is 0.412 e. The van der Waals surface area contributed by atoms with Crippen molar-refractivity contribution in [2.45, 2.75) is 0 Å². The molecule has 1 aromatic carbocycles. The molecule has 0 N–H and O–H groups in total. The second kappa shape index (κ2) is 6.19. The van der Waals surface area contributed by atoms with Crippen LogP contribution in [0.4, 0.5) is 23.0 Å². The molecule has 4 heterocycles. The van der Waals surface area contributed by atoms with Crippen LogP contribution in [-0.4, -0.2) is 52.1 Å². The number of anilines is 4. The Kier molecular flexibility index (Phi) is 3.75. The van der Waals surface area contributed by atoms with Gasteiger partial charge in [0.25, 0.3) is 0 Å². The summed E-state index contributed by atoms with van der Waals surface area (Å²) in [6.07, 6.45) is 3.71. The number of pyridine rings is 2.